The van der Waals surface area contributed by atoms with Gasteiger partial charge in [0.15, 0.2) is 5.11 Å². The van der Waals surface area contributed by atoms with Crippen LogP contribution in [0.15, 0.2) is 108 Å². The van der Waals surface area contributed by atoms with E-state index in [1.807, 2.05) is 83.8 Å². The number of aromatic nitrogens is 1. The number of nitrogens with one attached hydrogen (secondary N) is 1. The van der Waals surface area contributed by atoms with Crippen molar-refractivity contribution in [3.8, 4) is 34.3 Å². The van der Waals surface area contributed by atoms with Crippen LogP contribution in [-0.2, 0) is 0 Å². The molecular weight excluding hydrogens is 568 g/mol. The van der Waals surface area contributed by atoms with E-state index in [1.54, 1.807) is 19.4 Å². The van der Waals surface area contributed by atoms with Gasteiger partial charge in [0.25, 0.3) is 5.69 Å². The minimum atomic E-state index is -0.465. The zero-order valence-corrected chi connectivity index (χ0v) is 24.0. The molecule has 3 aromatic carbocycles. The number of nitro groups is 1. The van der Waals surface area contributed by atoms with Gasteiger partial charge in [-0.3, -0.25) is 15.1 Å². The zero-order valence-electron chi connectivity index (χ0n) is 23.2. The second-order valence-corrected chi connectivity index (χ2v) is 10.00. The lowest BCUT2D eigenvalue weighted by Gasteiger charge is -2.26. The highest BCUT2D eigenvalue weighted by atomic mass is 32.1. The number of benzene rings is 3. The summed E-state index contributed by atoms with van der Waals surface area (Å²) in [4.78, 5) is 17.4. The van der Waals surface area contributed by atoms with Crippen molar-refractivity contribution in [3.63, 3.8) is 0 Å². The fraction of sp³-hybridized carbons (Fsp3) is 0.125. The number of nitrogens with zero attached hydrogens (tertiary/aromatic N) is 3. The van der Waals surface area contributed by atoms with Crippen LogP contribution in [0.1, 0.15) is 23.5 Å². The molecule has 0 radical (unpaired) electrons. The van der Waals surface area contributed by atoms with Gasteiger partial charge in [0, 0.05) is 18.0 Å². The molecule has 10 nitrogen and oxygen atoms in total. The number of furan rings is 1. The molecule has 1 saturated heterocycles. The van der Waals surface area contributed by atoms with Crippen LogP contribution in [0.3, 0.4) is 0 Å². The smallest absolute Gasteiger partial charge is 0.273 e. The van der Waals surface area contributed by atoms with Crippen LogP contribution >= 0.6 is 12.2 Å². The third-order valence-corrected chi connectivity index (χ3v) is 7.40. The molecule has 0 saturated carbocycles. The standard InChI is InChI=1S/C32H26N4O6S/c1-39-22-11-13-24(14-12-22)41-23-9-6-20(7-10-23)35-31(30(34-32(35)43)26-5-3-4-18-33-26)28-17-16-27(42-28)25-15-8-21(36(37)38)19-29(25)40-2/h3-19,30-31H,1-2H3,(H,34,43)/t30-,31-/m1/s1. The van der Waals surface area contributed by atoms with E-state index < -0.39 is 11.0 Å². The van der Waals surface area contributed by atoms with Gasteiger partial charge in [-0.05, 0) is 91.1 Å². The summed E-state index contributed by atoms with van der Waals surface area (Å²) in [7, 11) is 3.08. The SMILES string of the molecule is COc1ccc(Oc2ccc(N3C(=S)N[C@H](c4ccccn4)[C@H]3c3ccc(-c4ccc([N+](=O)[O-])cc4OC)o3)cc2)cc1. The Morgan fingerprint density at radius 3 is 2.28 bits per heavy atom. The summed E-state index contributed by atoms with van der Waals surface area (Å²) >= 11 is 5.84. The minimum Gasteiger partial charge on any atom is -0.497 e. The molecule has 0 bridgehead atoms. The number of nitro benzene ring substituents is 1. The molecule has 6 rings (SSSR count). The van der Waals surface area contributed by atoms with E-state index in [-0.39, 0.29) is 11.7 Å². The summed E-state index contributed by atoms with van der Waals surface area (Å²) in [5, 5.41) is 15.2. The Morgan fingerprint density at radius 2 is 1.63 bits per heavy atom. The highest BCUT2D eigenvalue weighted by Crippen LogP contribution is 2.44. The van der Waals surface area contributed by atoms with Gasteiger partial charge >= 0.3 is 0 Å². The number of hydrogen-bond donors (Lipinski definition) is 1. The lowest BCUT2D eigenvalue weighted by atomic mass is 10.0. The Hall–Kier alpha value is -5.42. The van der Waals surface area contributed by atoms with Crippen molar-refractivity contribution in [3.05, 3.63) is 125 Å². The third kappa shape index (κ3) is 5.57. The molecule has 3 heterocycles. The summed E-state index contributed by atoms with van der Waals surface area (Å²) < 4.78 is 23.1. The van der Waals surface area contributed by atoms with Crippen LogP contribution in [0.2, 0.25) is 0 Å². The minimum absolute atomic E-state index is 0.0708. The lowest BCUT2D eigenvalue weighted by molar-refractivity contribution is -0.384. The van der Waals surface area contributed by atoms with Crippen LogP contribution < -0.4 is 24.4 Å². The first kappa shape index (κ1) is 27.7. The average molecular weight is 595 g/mol. The third-order valence-electron chi connectivity index (χ3n) is 7.09. The lowest BCUT2D eigenvalue weighted by Crippen LogP contribution is -2.29. The maximum absolute atomic E-state index is 11.3. The molecule has 1 aliphatic rings. The largest absolute Gasteiger partial charge is 0.497 e. The number of non-ortho nitro benzene ring substituents is 1. The van der Waals surface area contributed by atoms with Gasteiger partial charge in [-0.25, -0.2) is 0 Å². The topological polar surface area (TPSA) is 112 Å². The van der Waals surface area contributed by atoms with E-state index in [4.69, 9.17) is 30.8 Å². The number of anilines is 1. The number of thiocarbonyl (C=S) groups is 1. The van der Waals surface area contributed by atoms with Crippen LogP contribution in [0.25, 0.3) is 11.3 Å². The van der Waals surface area contributed by atoms with Gasteiger partial charge in [-0.1, -0.05) is 6.07 Å². The van der Waals surface area contributed by atoms with E-state index in [2.05, 4.69) is 10.3 Å². The molecule has 43 heavy (non-hydrogen) atoms. The van der Waals surface area contributed by atoms with Crippen molar-refractivity contribution in [2.24, 2.45) is 0 Å². The Balaban J connectivity index is 1.34. The molecule has 2 atom stereocenters. The van der Waals surface area contributed by atoms with Crippen molar-refractivity contribution in [2.45, 2.75) is 12.1 Å². The summed E-state index contributed by atoms with van der Waals surface area (Å²) in [5.74, 6) is 3.56. The molecule has 1 fully saturated rings. The van der Waals surface area contributed by atoms with Crippen LogP contribution in [-0.4, -0.2) is 29.2 Å². The predicted molar refractivity (Wildman–Crippen MR) is 165 cm³/mol. The Kier molecular flexibility index (Phi) is 7.63. The Bertz CT molecular complexity index is 1760. The van der Waals surface area contributed by atoms with Gasteiger partial charge in [0.05, 0.1) is 42.5 Å². The molecule has 11 heteroatoms. The monoisotopic (exact) mass is 594 g/mol. The van der Waals surface area contributed by atoms with Gasteiger partial charge in [0.2, 0.25) is 0 Å². The first-order chi connectivity index (χ1) is 20.9. The Morgan fingerprint density at radius 1 is 0.907 bits per heavy atom. The molecule has 2 aromatic heterocycles. The molecule has 0 spiro atoms. The summed E-state index contributed by atoms with van der Waals surface area (Å²) in [5.41, 5.74) is 2.14. The molecule has 1 aliphatic heterocycles. The highest BCUT2D eigenvalue weighted by molar-refractivity contribution is 7.80. The van der Waals surface area contributed by atoms with Crippen molar-refractivity contribution in [1.29, 1.82) is 0 Å². The van der Waals surface area contributed by atoms with Crippen molar-refractivity contribution >= 4 is 28.7 Å². The van der Waals surface area contributed by atoms with E-state index in [0.717, 1.165) is 17.1 Å². The number of rotatable bonds is 9. The summed E-state index contributed by atoms with van der Waals surface area (Å²) in [6.45, 7) is 0. The van der Waals surface area contributed by atoms with Crippen molar-refractivity contribution < 1.29 is 23.6 Å². The number of hydrogen-bond acceptors (Lipinski definition) is 8. The fourth-order valence-corrected chi connectivity index (χ4v) is 5.38. The molecule has 1 N–H and O–H groups in total. The van der Waals surface area contributed by atoms with Gasteiger partial charge in [-0.15, -0.1) is 0 Å². The van der Waals surface area contributed by atoms with E-state index in [1.165, 1.54) is 19.2 Å². The fourth-order valence-electron chi connectivity index (χ4n) is 5.03. The van der Waals surface area contributed by atoms with E-state index in [9.17, 15) is 10.1 Å². The van der Waals surface area contributed by atoms with E-state index >= 15 is 0 Å². The molecule has 0 amide bonds. The van der Waals surface area contributed by atoms with Crippen molar-refractivity contribution in [2.75, 3.05) is 19.1 Å². The summed E-state index contributed by atoms with van der Waals surface area (Å²) in [6, 6.07) is 28.1. The maximum Gasteiger partial charge on any atom is 0.273 e. The first-order valence-corrected chi connectivity index (χ1v) is 13.7. The van der Waals surface area contributed by atoms with Crippen LogP contribution in [0.4, 0.5) is 11.4 Å². The van der Waals surface area contributed by atoms with Crippen LogP contribution in [0, 0.1) is 10.1 Å². The second kappa shape index (κ2) is 11.8. The number of pyridine rings is 1. The maximum atomic E-state index is 11.3. The predicted octanol–water partition coefficient (Wildman–Crippen LogP) is 7.24. The van der Waals surface area contributed by atoms with Crippen LogP contribution in [0.5, 0.6) is 23.0 Å². The van der Waals surface area contributed by atoms with E-state index in [0.29, 0.717) is 39.4 Å². The quantitative estimate of drug-likeness (QED) is 0.106. The first-order valence-electron chi connectivity index (χ1n) is 13.3. The van der Waals surface area contributed by atoms with Crippen molar-refractivity contribution in [1.82, 2.24) is 10.3 Å². The molecular formula is C32H26N4O6S. The van der Waals surface area contributed by atoms with Gasteiger partial charge < -0.3 is 28.8 Å². The molecule has 216 valence electrons. The molecule has 5 aromatic rings. The van der Waals surface area contributed by atoms with Gasteiger partial charge in [0.1, 0.15) is 40.6 Å². The number of ether oxygens (including phenoxy) is 3. The zero-order chi connectivity index (χ0) is 29.9. The molecule has 0 unspecified atom stereocenters. The normalized spacial score (nSPS) is 16.0. The summed E-state index contributed by atoms with van der Waals surface area (Å²) in [6.07, 6.45) is 1.74. The Labute approximate surface area is 252 Å². The number of methoxy groups -OCH3 is 2. The average Bonchev–Trinajstić information content (AvgIpc) is 3.66. The molecule has 0 aliphatic carbocycles. The highest BCUT2D eigenvalue weighted by Gasteiger charge is 2.42. The second-order valence-electron chi connectivity index (χ2n) is 9.61. The van der Waals surface area contributed by atoms with Gasteiger partial charge in [-0.2, -0.15) is 0 Å².